The molecule has 0 fully saturated rings. The molecule has 8 aromatic carbocycles. The van der Waals surface area contributed by atoms with Gasteiger partial charge in [0.15, 0.2) is 5.82 Å². The molecule has 0 saturated heterocycles. The molecule has 0 N–H and O–H groups in total. The van der Waals surface area contributed by atoms with E-state index in [0.717, 1.165) is 55.7 Å². The summed E-state index contributed by atoms with van der Waals surface area (Å²) in [6.07, 6.45) is 1.89. The maximum absolute atomic E-state index is 5.15. The van der Waals surface area contributed by atoms with Crippen LogP contribution in [-0.2, 0) is 5.41 Å². The van der Waals surface area contributed by atoms with Crippen LogP contribution < -0.4 is 0 Å². The van der Waals surface area contributed by atoms with Gasteiger partial charge in [0.2, 0.25) is 0 Å². The fourth-order valence-corrected chi connectivity index (χ4v) is 10.8. The minimum Gasteiger partial charge on any atom is -0.256 e. The van der Waals surface area contributed by atoms with E-state index in [4.69, 9.17) is 15.0 Å². The van der Waals surface area contributed by atoms with E-state index < -0.39 is 5.41 Å². The summed E-state index contributed by atoms with van der Waals surface area (Å²) in [5, 5.41) is 1.14. The van der Waals surface area contributed by atoms with Gasteiger partial charge in [0, 0.05) is 43.6 Å². The summed E-state index contributed by atoms with van der Waals surface area (Å²) in [6, 6.07) is 74.3. The van der Waals surface area contributed by atoms with Crippen LogP contribution in [0.1, 0.15) is 22.3 Å². The number of pyridine rings is 1. The van der Waals surface area contributed by atoms with Crippen LogP contribution >= 0.6 is 11.8 Å². The molecule has 1 spiro atoms. The second-order valence-electron chi connectivity index (χ2n) is 15.5. The van der Waals surface area contributed by atoms with Crippen molar-refractivity contribution in [1.82, 2.24) is 15.0 Å². The first-order valence-corrected chi connectivity index (χ1v) is 21.2. The summed E-state index contributed by atoms with van der Waals surface area (Å²) >= 11 is 1.87. The Bertz CT molecular complexity index is 3190. The van der Waals surface area contributed by atoms with Crippen LogP contribution in [0, 0.1) is 0 Å². The van der Waals surface area contributed by atoms with Crippen LogP contribution in [0.3, 0.4) is 0 Å². The van der Waals surface area contributed by atoms with Gasteiger partial charge in [0.25, 0.3) is 0 Å². The standard InChI is InChI=1S/C56H35N3S/c1-3-14-36(15-4-1)50-35-51(59-55(58-50)38-16-5-2-6-17-38)42-20-11-19-39(32-42)40-27-29-48-52(33-40)60-53-34-41(43-24-12-18-37-21-13-31-57-54(37)43)28-30-49(53)56(48)46-25-9-7-22-44(46)45-23-8-10-26-47(45)56/h1-35H. The Kier molecular flexibility index (Phi) is 8.00. The van der Waals surface area contributed by atoms with E-state index in [1.165, 1.54) is 48.7 Å². The summed E-state index contributed by atoms with van der Waals surface area (Å²) in [5.74, 6) is 0.710. The zero-order valence-electron chi connectivity index (χ0n) is 32.5. The zero-order valence-corrected chi connectivity index (χ0v) is 33.3. The lowest BCUT2D eigenvalue weighted by atomic mass is 9.67. The van der Waals surface area contributed by atoms with Crippen molar-refractivity contribution in [3.05, 3.63) is 235 Å². The van der Waals surface area contributed by atoms with Crippen molar-refractivity contribution in [2.24, 2.45) is 0 Å². The molecule has 3 nitrogen and oxygen atoms in total. The minimum absolute atomic E-state index is 0.471. The van der Waals surface area contributed by atoms with Gasteiger partial charge >= 0.3 is 0 Å². The highest BCUT2D eigenvalue weighted by atomic mass is 32.2. The molecule has 60 heavy (non-hydrogen) atoms. The Balaban J connectivity index is 1.03. The largest absolute Gasteiger partial charge is 0.256 e. The third-order valence-electron chi connectivity index (χ3n) is 12.2. The van der Waals surface area contributed by atoms with Crippen molar-refractivity contribution in [3.8, 4) is 67.3 Å². The fraction of sp³-hybridized carbons (Fsp3) is 0.0179. The second kappa shape index (κ2) is 13.9. The highest BCUT2D eigenvalue weighted by Gasteiger charge is 2.50. The Morgan fingerprint density at radius 3 is 1.62 bits per heavy atom. The highest BCUT2D eigenvalue weighted by Crippen LogP contribution is 2.62. The third kappa shape index (κ3) is 5.42. The molecule has 0 atom stereocenters. The van der Waals surface area contributed by atoms with Crippen molar-refractivity contribution < 1.29 is 0 Å². The average Bonchev–Trinajstić information content (AvgIpc) is 3.62. The molecule has 0 radical (unpaired) electrons. The quantitative estimate of drug-likeness (QED) is 0.174. The van der Waals surface area contributed by atoms with Gasteiger partial charge in [-0.1, -0.05) is 188 Å². The Hall–Kier alpha value is -7.40. The topological polar surface area (TPSA) is 38.7 Å². The number of nitrogens with zero attached hydrogens (tertiary/aromatic N) is 3. The third-order valence-corrected chi connectivity index (χ3v) is 13.3. The summed E-state index contributed by atoms with van der Waals surface area (Å²) < 4.78 is 0. The van der Waals surface area contributed by atoms with Gasteiger partial charge < -0.3 is 0 Å². The Morgan fingerprint density at radius 1 is 0.350 bits per heavy atom. The maximum Gasteiger partial charge on any atom is 0.160 e. The van der Waals surface area contributed by atoms with Crippen molar-refractivity contribution in [1.29, 1.82) is 0 Å². The van der Waals surface area contributed by atoms with Crippen LogP contribution in [0.2, 0.25) is 0 Å². The van der Waals surface area contributed by atoms with Gasteiger partial charge in [0.1, 0.15) is 0 Å². The van der Waals surface area contributed by atoms with Gasteiger partial charge in [-0.3, -0.25) is 4.98 Å². The molecule has 1 aliphatic heterocycles. The van der Waals surface area contributed by atoms with E-state index >= 15 is 0 Å². The van der Waals surface area contributed by atoms with E-state index in [2.05, 4.69) is 176 Å². The molecule has 2 aromatic heterocycles. The predicted molar refractivity (Wildman–Crippen MR) is 246 cm³/mol. The molecule has 0 unspecified atom stereocenters. The molecule has 4 heteroatoms. The molecule has 12 rings (SSSR count). The number of aromatic nitrogens is 3. The molecule has 280 valence electrons. The van der Waals surface area contributed by atoms with Crippen molar-refractivity contribution in [2.75, 3.05) is 0 Å². The summed E-state index contributed by atoms with van der Waals surface area (Å²) in [4.78, 5) is 17.5. The molecular weight excluding hydrogens is 747 g/mol. The lowest BCUT2D eigenvalue weighted by molar-refractivity contribution is 0.723. The first-order valence-electron chi connectivity index (χ1n) is 20.3. The molecule has 0 bridgehead atoms. The van der Waals surface area contributed by atoms with Crippen molar-refractivity contribution in [3.63, 3.8) is 0 Å². The Labute approximate surface area is 353 Å². The summed E-state index contributed by atoms with van der Waals surface area (Å²) in [6.45, 7) is 0. The molecular formula is C56H35N3S. The molecule has 2 aliphatic rings. The van der Waals surface area contributed by atoms with E-state index in [9.17, 15) is 0 Å². The Morgan fingerprint density at radius 2 is 0.883 bits per heavy atom. The normalized spacial score (nSPS) is 13.1. The number of benzene rings is 8. The van der Waals surface area contributed by atoms with Gasteiger partial charge in [-0.15, -0.1) is 0 Å². The van der Waals surface area contributed by atoms with Gasteiger partial charge in [-0.05, 0) is 80.4 Å². The van der Waals surface area contributed by atoms with Crippen molar-refractivity contribution >= 4 is 22.7 Å². The number of hydrogen-bond donors (Lipinski definition) is 0. The van der Waals surface area contributed by atoms with Crippen LogP contribution in [0.5, 0.6) is 0 Å². The maximum atomic E-state index is 5.15. The molecule has 0 amide bonds. The molecule has 10 aromatic rings. The number of para-hydroxylation sites is 1. The molecule has 3 heterocycles. The highest BCUT2D eigenvalue weighted by molar-refractivity contribution is 7.99. The van der Waals surface area contributed by atoms with Gasteiger partial charge in [0.05, 0.1) is 22.3 Å². The summed E-state index contributed by atoms with van der Waals surface area (Å²) in [7, 11) is 0. The smallest absolute Gasteiger partial charge is 0.160 e. The van der Waals surface area contributed by atoms with E-state index in [0.29, 0.717) is 5.82 Å². The summed E-state index contributed by atoms with van der Waals surface area (Å²) in [5.41, 5.74) is 17.9. The predicted octanol–water partition coefficient (Wildman–Crippen LogP) is 14.2. The van der Waals surface area contributed by atoms with E-state index in [1.807, 2.05) is 48.3 Å². The first-order chi connectivity index (χ1) is 29.7. The first kappa shape index (κ1) is 34.6. The van der Waals surface area contributed by atoms with Crippen LogP contribution in [0.25, 0.3) is 78.2 Å². The SMILES string of the molecule is c1ccc(-c2cc(-c3cccc(-c4ccc5c(c4)Sc4cc(-c6cccc7cccnc67)ccc4C54c5ccccc5-c5ccccc54)c3)nc(-c3ccccc3)n2)cc1. The lowest BCUT2D eigenvalue weighted by Gasteiger charge is -2.40. The van der Waals surface area contributed by atoms with Crippen molar-refractivity contribution in [2.45, 2.75) is 15.2 Å². The number of rotatable bonds is 5. The average molecular weight is 782 g/mol. The van der Waals surface area contributed by atoms with Gasteiger partial charge in [-0.2, -0.15) is 0 Å². The van der Waals surface area contributed by atoms with Crippen LogP contribution in [0.4, 0.5) is 0 Å². The minimum atomic E-state index is -0.471. The molecule has 0 saturated carbocycles. The lowest BCUT2D eigenvalue weighted by Crippen LogP contribution is -2.32. The number of hydrogen-bond acceptors (Lipinski definition) is 4. The van der Waals surface area contributed by atoms with Crippen LogP contribution in [0.15, 0.2) is 222 Å². The fourth-order valence-electron chi connectivity index (χ4n) is 9.52. The van der Waals surface area contributed by atoms with Crippen LogP contribution in [-0.4, -0.2) is 15.0 Å². The number of fused-ring (bicyclic) bond motifs is 10. The van der Waals surface area contributed by atoms with E-state index in [1.54, 1.807) is 0 Å². The zero-order chi connectivity index (χ0) is 39.6. The monoisotopic (exact) mass is 781 g/mol. The van der Waals surface area contributed by atoms with Gasteiger partial charge in [-0.25, -0.2) is 9.97 Å². The van der Waals surface area contributed by atoms with E-state index in [-0.39, 0.29) is 0 Å². The second-order valence-corrected chi connectivity index (χ2v) is 16.6. The molecule has 1 aliphatic carbocycles.